The van der Waals surface area contributed by atoms with Gasteiger partial charge in [0.2, 0.25) is 5.91 Å². The van der Waals surface area contributed by atoms with E-state index in [-0.39, 0.29) is 11.8 Å². The van der Waals surface area contributed by atoms with Crippen molar-refractivity contribution in [3.05, 3.63) is 24.0 Å². The molecule has 3 rings (SSSR count). The molecule has 1 N–H and O–H groups in total. The Kier molecular flexibility index (Phi) is 5.52. The second-order valence-corrected chi connectivity index (χ2v) is 6.69. The predicted molar refractivity (Wildman–Crippen MR) is 91.8 cm³/mol. The highest BCUT2D eigenvalue weighted by Gasteiger charge is 2.26. The van der Waals surface area contributed by atoms with E-state index in [9.17, 15) is 9.59 Å². The molecule has 132 valence electrons. The molecular weight excluding hydrogens is 306 g/mol. The molecule has 24 heavy (non-hydrogen) atoms. The van der Waals surface area contributed by atoms with Gasteiger partial charge in [-0.15, -0.1) is 0 Å². The Bertz CT molecular complexity index is 551. The molecule has 2 aliphatic heterocycles. The Balaban J connectivity index is 1.46. The van der Waals surface area contributed by atoms with Gasteiger partial charge in [-0.05, 0) is 38.7 Å². The van der Waals surface area contributed by atoms with Gasteiger partial charge in [0.25, 0.3) is 5.91 Å². The number of likely N-dealkylation sites (N-methyl/N-ethyl adjacent to an activating group) is 1. The van der Waals surface area contributed by atoms with Gasteiger partial charge in [0.15, 0.2) is 0 Å². The molecule has 2 aliphatic rings. The average molecular weight is 333 g/mol. The highest BCUT2D eigenvalue weighted by atomic mass is 16.2. The number of hydrogen-bond donors (Lipinski definition) is 1. The third kappa shape index (κ3) is 4.15. The molecule has 0 unspecified atom stereocenters. The van der Waals surface area contributed by atoms with Crippen LogP contribution in [0, 0.1) is 0 Å². The van der Waals surface area contributed by atoms with Crippen molar-refractivity contribution in [2.24, 2.45) is 0 Å². The molecule has 2 amide bonds. The molecule has 1 aromatic rings. The smallest absolute Gasteiger partial charge is 0.270 e. The molecule has 7 heteroatoms. The lowest BCUT2D eigenvalue weighted by molar-refractivity contribution is -0.133. The van der Waals surface area contributed by atoms with Crippen LogP contribution in [0.15, 0.2) is 18.3 Å². The van der Waals surface area contributed by atoms with E-state index in [4.69, 9.17) is 0 Å². The molecule has 0 atom stereocenters. The van der Waals surface area contributed by atoms with Gasteiger partial charge in [0, 0.05) is 45.5 Å². The van der Waals surface area contributed by atoms with Crippen LogP contribution in [0.1, 0.15) is 16.9 Å². The normalized spacial score (nSPS) is 20.9. The second-order valence-electron chi connectivity index (χ2n) is 6.69. The summed E-state index contributed by atoms with van der Waals surface area (Å²) in [6, 6.07) is 3.61. The molecule has 0 saturated carbocycles. The number of carbonyl (C=O) groups is 2. The number of nitrogens with one attached hydrogen (secondary N) is 1. The van der Waals surface area contributed by atoms with Crippen molar-refractivity contribution in [1.29, 1.82) is 0 Å². The fraction of sp³-hybridized carbons (Fsp3) is 0.647. The van der Waals surface area contributed by atoms with Gasteiger partial charge in [0.1, 0.15) is 5.69 Å². The van der Waals surface area contributed by atoms with E-state index in [0.717, 1.165) is 32.6 Å². The SMILES string of the molecule is CN1CCCN(CC(=O)N2CCN(C(=O)c3ccc[nH]3)CC2)CC1. The van der Waals surface area contributed by atoms with Crippen molar-refractivity contribution in [1.82, 2.24) is 24.6 Å². The van der Waals surface area contributed by atoms with E-state index in [0.29, 0.717) is 38.4 Å². The number of aromatic nitrogens is 1. The molecular formula is C17H27N5O2. The monoisotopic (exact) mass is 333 g/mol. The van der Waals surface area contributed by atoms with Gasteiger partial charge in [-0.2, -0.15) is 0 Å². The Morgan fingerprint density at radius 3 is 2.46 bits per heavy atom. The molecule has 0 spiro atoms. The lowest BCUT2D eigenvalue weighted by Gasteiger charge is -2.35. The van der Waals surface area contributed by atoms with Crippen LogP contribution in [-0.4, -0.2) is 102 Å². The van der Waals surface area contributed by atoms with Gasteiger partial charge >= 0.3 is 0 Å². The minimum atomic E-state index is 0.0163. The molecule has 7 nitrogen and oxygen atoms in total. The fourth-order valence-corrected chi connectivity index (χ4v) is 3.34. The quantitative estimate of drug-likeness (QED) is 0.842. The summed E-state index contributed by atoms with van der Waals surface area (Å²) < 4.78 is 0. The summed E-state index contributed by atoms with van der Waals surface area (Å²) in [6.07, 6.45) is 2.87. The summed E-state index contributed by atoms with van der Waals surface area (Å²) in [5.74, 6) is 0.203. The standard InChI is InChI=1S/C17H27N5O2/c1-19-6-3-7-20(9-8-19)14-16(23)21-10-12-22(13-11-21)17(24)15-4-2-5-18-15/h2,4-5,18H,3,6-14H2,1H3. The first-order valence-corrected chi connectivity index (χ1v) is 8.75. The molecule has 0 aliphatic carbocycles. The Labute approximate surface area is 143 Å². The van der Waals surface area contributed by atoms with Crippen LogP contribution >= 0.6 is 0 Å². The van der Waals surface area contributed by atoms with E-state index in [1.165, 1.54) is 0 Å². The first-order valence-electron chi connectivity index (χ1n) is 8.75. The minimum absolute atomic E-state index is 0.0163. The van der Waals surface area contributed by atoms with Crippen LogP contribution in [0.3, 0.4) is 0 Å². The van der Waals surface area contributed by atoms with Crippen molar-refractivity contribution in [2.75, 3.05) is 66.0 Å². The molecule has 1 aromatic heterocycles. The summed E-state index contributed by atoms with van der Waals surface area (Å²) >= 11 is 0. The molecule has 0 bridgehead atoms. The maximum absolute atomic E-state index is 12.5. The molecule has 0 radical (unpaired) electrons. The number of H-pyrrole nitrogens is 1. The largest absolute Gasteiger partial charge is 0.357 e. The highest BCUT2D eigenvalue weighted by Crippen LogP contribution is 2.09. The zero-order valence-electron chi connectivity index (χ0n) is 14.4. The highest BCUT2D eigenvalue weighted by molar-refractivity contribution is 5.92. The van der Waals surface area contributed by atoms with Crippen LogP contribution in [0.4, 0.5) is 0 Å². The van der Waals surface area contributed by atoms with Gasteiger partial charge in [0.05, 0.1) is 6.54 Å². The maximum Gasteiger partial charge on any atom is 0.270 e. The van der Waals surface area contributed by atoms with Crippen molar-refractivity contribution in [2.45, 2.75) is 6.42 Å². The zero-order chi connectivity index (χ0) is 16.9. The van der Waals surface area contributed by atoms with Gasteiger partial charge in [-0.3, -0.25) is 14.5 Å². The molecule has 2 saturated heterocycles. The number of piperazine rings is 1. The lowest BCUT2D eigenvalue weighted by Crippen LogP contribution is -2.52. The third-order valence-electron chi connectivity index (χ3n) is 4.92. The van der Waals surface area contributed by atoms with Crippen molar-refractivity contribution >= 4 is 11.8 Å². The van der Waals surface area contributed by atoms with E-state index in [1.54, 1.807) is 12.3 Å². The number of aromatic amines is 1. The molecule has 3 heterocycles. The first kappa shape index (κ1) is 17.0. The Morgan fingerprint density at radius 1 is 1.00 bits per heavy atom. The van der Waals surface area contributed by atoms with Crippen molar-refractivity contribution in [3.63, 3.8) is 0 Å². The van der Waals surface area contributed by atoms with Gasteiger partial charge < -0.3 is 19.7 Å². The van der Waals surface area contributed by atoms with Crippen LogP contribution < -0.4 is 0 Å². The zero-order valence-corrected chi connectivity index (χ0v) is 14.4. The van der Waals surface area contributed by atoms with Gasteiger partial charge in [-0.1, -0.05) is 0 Å². The third-order valence-corrected chi connectivity index (χ3v) is 4.92. The summed E-state index contributed by atoms with van der Waals surface area (Å²) in [4.78, 5) is 36.1. The van der Waals surface area contributed by atoms with Crippen molar-refractivity contribution in [3.8, 4) is 0 Å². The summed E-state index contributed by atoms with van der Waals surface area (Å²) in [7, 11) is 2.13. The van der Waals surface area contributed by atoms with Crippen LogP contribution in [-0.2, 0) is 4.79 Å². The van der Waals surface area contributed by atoms with Crippen molar-refractivity contribution < 1.29 is 9.59 Å². The van der Waals surface area contributed by atoms with Crippen LogP contribution in [0.2, 0.25) is 0 Å². The summed E-state index contributed by atoms with van der Waals surface area (Å²) in [5.41, 5.74) is 0.614. The first-order chi connectivity index (χ1) is 11.6. The van der Waals surface area contributed by atoms with Gasteiger partial charge in [-0.25, -0.2) is 0 Å². The topological polar surface area (TPSA) is 62.9 Å². The second kappa shape index (κ2) is 7.81. The maximum atomic E-state index is 12.5. The van der Waals surface area contributed by atoms with E-state index < -0.39 is 0 Å². The Morgan fingerprint density at radius 2 is 1.75 bits per heavy atom. The number of rotatable bonds is 3. The van der Waals surface area contributed by atoms with E-state index >= 15 is 0 Å². The summed E-state index contributed by atoms with van der Waals surface area (Å²) in [5, 5.41) is 0. The summed E-state index contributed by atoms with van der Waals surface area (Å²) in [6.45, 7) is 7.01. The van der Waals surface area contributed by atoms with Crippen LogP contribution in [0.25, 0.3) is 0 Å². The molecule has 2 fully saturated rings. The molecule has 0 aromatic carbocycles. The number of hydrogen-bond acceptors (Lipinski definition) is 4. The fourth-order valence-electron chi connectivity index (χ4n) is 3.34. The van der Waals surface area contributed by atoms with Crippen LogP contribution in [0.5, 0.6) is 0 Å². The minimum Gasteiger partial charge on any atom is -0.357 e. The Hall–Kier alpha value is -1.86. The lowest BCUT2D eigenvalue weighted by atomic mass is 10.2. The number of nitrogens with zero attached hydrogens (tertiary/aromatic N) is 4. The number of carbonyl (C=O) groups excluding carboxylic acids is 2. The predicted octanol–water partition coefficient (Wildman–Crippen LogP) is -0.0634. The average Bonchev–Trinajstić information content (AvgIpc) is 3.06. The van der Waals surface area contributed by atoms with E-state index in [2.05, 4.69) is 21.8 Å². The van der Waals surface area contributed by atoms with E-state index in [1.807, 2.05) is 15.9 Å². The number of amides is 2.